The number of aromatic nitrogens is 2. The van der Waals surface area contributed by atoms with Gasteiger partial charge in [0.2, 0.25) is 0 Å². The number of piperidine rings is 1. The Labute approximate surface area is 253 Å². The van der Waals surface area contributed by atoms with Crippen LogP contribution in [0.1, 0.15) is 77.5 Å². The van der Waals surface area contributed by atoms with Crippen molar-refractivity contribution in [1.82, 2.24) is 24.7 Å². The Balaban J connectivity index is 1.26. The topological polar surface area (TPSA) is 126 Å². The molecule has 1 aromatic rings. The molecule has 0 bridgehead atoms. The van der Waals surface area contributed by atoms with Crippen LogP contribution in [0.15, 0.2) is 36.2 Å². The van der Waals surface area contributed by atoms with Gasteiger partial charge in [0.25, 0.3) is 0 Å². The fourth-order valence-corrected chi connectivity index (χ4v) is 7.59. The van der Waals surface area contributed by atoms with Crippen molar-refractivity contribution in [3.8, 4) is 0 Å². The van der Waals surface area contributed by atoms with E-state index in [1.54, 1.807) is 12.4 Å². The van der Waals surface area contributed by atoms with Crippen LogP contribution in [0.5, 0.6) is 0 Å². The van der Waals surface area contributed by atoms with E-state index in [2.05, 4.69) is 51.8 Å². The van der Waals surface area contributed by atoms with Crippen molar-refractivity contribution in [2.45, 2.75) is 84.1 Å². The van der Waals surface area contributed by atoms with E-state index >= 15 is 0 Å². The fourth-order valence-electron chi connectivity index (χ4n) is 7.59. The summed E-state index contributed by atoms with van der Waals surface area (Å²) in [5.74, 6) is 0.321. The van der Waals surface area contributed by atoms with Gasteiger partial charge in [-0.3, -0.25) is 20.0 Å². The van der Waals surface area contributed by atoms with Gasteiger partial charge in [0, 0.05) is 57.5 Å². The summed E-state index contributed by atoms with van der Waals surface area (Å²) in [5, 5.41) is 17.4. The third-order valence-electron chi connectivity index (χ3n) is 9.85. The number of nitrogens with one attached hydrogen (secondary N) is 2. The van der Waals surface area contributed by atoms with E-state index < -0.39 is 5.97 Å². The first kappa shape index (κ1) is 32.4. The zero-order chi connectivity index (χ0) is 30.0. The number of imidazole rings is 1. The van der Waals surface area contributed by atoms with E-state index in [9.17, 15) is 9.90 Å². The molecule has 1 aromatic heterocycles. The smallest absolute Gasteiger partial charge is 0.317 e. The predicted octanol–water partition coefficient (Wildman–Crippen LogP) is 4.54. The highest BCUT2D eigenvalue weighted by Gasteiger charge is 2.41. The second kappa shape index (κ2) is 15.8. The molecule has 5 N–H and O–H groups in total. The molecule has 2 aliphatic heterocycles. The first-order valence-electron chi connectivity index (χ1n) is 16.3. The number of likely N-dealkylation sites (tertiary alicyclic amines) is 2. The van der Waals surface area contributed by atoms with Crippen LogP contribution in [-0.4, -0.2) is 100.0 Å². The molecule has 2 atom stereocenters. The molecule has 1 spiro atoms. The number of carbonyl (C=O) groups is 1. The van der Waals surface area contributed by atoms with Crippen LogP contribution in [-0.2, 0) is 11.2 Å². The summed E-state index contributed by atoms with van der Waals surface area (Å²) in [6.07, 6.45) is 22.3. The van der Waals surface area contributed by atoms with Crippen molar-refractivity contribution in [3.05, 3.63) is 42.0 Å². The molecule has 234 valence electrons. The third kappa shape index (κ3) is 10.1. The first-order valence-corrected chi connectivity index (χ1v) is 16.3. The van der Waals surface area contributed by atoms with Crippen LogP contribution in [0.4, 0.5) is 0 Å². The quantitative estimate of drug-likeness (QED) is 0.136. The largest absolute Gasteiger partial charge is 0.480 e. The van der Waals surface area contributed by atoms with Gasteiger partial charge in [-0.15, -0.1) is 0 Å². The van der Waals surface area contributed by atoms with Gasteiger partial charge in [-0.2, -0.15) is 0 Å². The van der Waals surface area contributed by atoms with Crippen molar-refractivity contribution < 1.29 is 9.90 Å². The van der Waals surface area contributed by atoms with Crippen LogP contribution < -0.4 is 5.73 Å². The van der Waals surface area contributed by atoms with Crippen LogP contribution in [0.25, 0.3) is 0 Å². The van der Waals surface area contributed by atoms with Gasteiger partial charge >= 0.3 is 5.97 Å². The highest BCUT2D eigenvalue weighted by Crippen LogP contribution is 2.41. The summed E-state index contributed by atoms with van der Waals surface area (Å²) in [5.41, 5.74) is 7.57. The van der Waals surface area contributed by atoms with E-state index in [1.165, 1.54) is 83.1 Å². The minimum Gasteiger partial charge on any atom is -0.480 e. The van der Waals surface area contributed by atoms with Gasteiger partial charge in [0.1, 0.15) is 5.82 Å². The van der Waals surface area contributed by atoms with Crippen LogP contribution in [0, 0.1) is 22.7 Å². The number of hydrogen-bond acceptors (Lipinski definition) is 6. The number of aromatic amines is 1. The van der Waals surface area contributed by atoms with Gasteiger partial charge in [-0.1, -0.05) is 44.4 Å². The molecule has 0 amide bonds. The number of carboxylic acids is 1. The molecule has 4 rings (SSSR count). The Morgan fingerprint density at radius 1 is 1.24 bits per heavy atom. The summed E-state index contributed by atoms with van der Waals surface area (Å²) < 4.78 is 0. The summed E-state index contributed by atoms with van der Waals surface area (Å²) in [6, 6.07) is 0.845. The second-order valence-corrected chi connectivity index (χ2v) is 13.4. The lowest BCUT2D eigenvalue weighted by Crippen LogP contribution is -2.46. The molecule has 42 heavy (non-hydrogen) atoms. The molecule has 3 aliphatic rings. The predicted molar refractivity (Wildman–Crippen MR) is 170 cm³/mol. The van der Waals surface area contributed by atoms with Gasteiger partial charge in [0.05, 0.1) is 12.4 Å². The van der Waals surface area contributed by atoms with E-state index in [-0.39, 0.29) is 24.2 Å². The van der Waals surface area contributed by atoms with Gasteiger partial charge in [0.15, 0.2) is 0 Å². The molecule has 0 radical (unpaired) electrons. The summed E-state index contributed by atoms with van der Waals surface area (Å²) in [6.45, 7) is 11.4. The van der Waals surface area contributed by atoms with E-state index in [1.807, 2.05) is 4.90 Å². The molecule has 0 aromatic carbocycles. The number of carboxylic acid groups (broad SMARTS) is 1. The maximum Gasteiger partial charge on any atom is 0.317 e. The van der Waals surface area contributed by atoms with Gasteiger partial charge < -0.3 is 20.7 Å². The van der Waals surface area contributed by atoms with Crippen molar-refractivity contribution in [2.24, 2.45) is 23.0 Å². The molecule has 3 heterocycles. The minimum atomic E-state index is -0.840. The maximum absolute atomic E-state index is 11.7. The Kier molecular flexibility index (Phi) is 12.2. The molecular formula is C33H55N7O2. The minimum absolute atomic E-state index is 0.0206. The highest BCUT2D eigenvalue weighted by atomic mass is 16.4. The molecule has 1 aliphatic carbocycles. The zero-order valence-electron chi connectivity index (χ0n) is 26.1. The normalized spacial score (nSPS) is 22.3. The average molecular weight is 582 g/mol. The molecule has 2 saturated heterocycles. The van der Waals surface area contributed by atoms with Gasteiger partial charge in [-0.05, 0) is 81.5 Å². The first-order chi connectivity index (χ1) is 20.2. The number of hydrogen-bond donors (Lipinski definition) is 4. The van der Waals surface area contributed by atoms with Crippen molar-refractivity contribution >= 4 is 11.8 Å². The number of rotatable bonds is 15. The van der Waals surface area contributed by atoms with E-state index in [4.69, 9.17) is 11.1 Å². The number of aliphatic carboxylic acids is 1. The Hall–Kier alpha value is -2.49. The zero-order valence-corrected chi connectivity index (χ0v) is 26.1. The number of nitrogens with zero attached hydrogens (tertiary/aromatic N) is 4. The maximum atomic E-state index is 11.7. The lowest BCUT2D eigenvalue weighted by atomic mass is 9.77. The summed E-state index contributed by atoms with van der Waals surface area (Å²) >= 11 is 0. The Morgan fingerprint density at radius 2 is 1.98 bits per heavy atom. The van der Waals surface area contributed by atoms with E-state index in [0.29, 0.717) is 31.3 Å². The summed E-state index contributed by atoms with van der Waals surface area (Å²) in [7, 11) is 0. The van der Waals surface area contributed by atoms with Gasteiger partial charge in [-0.25, -0.2) is 4.98 Å². The molecule has 9 heteroatoms. The van der Waals surface area contributed by atoms with Crippen molar-refractivity contribution in [3.63, 3.8) is 0 Å². The fraction of sp³-hybridized carbons (Fsp3) is 0.727. The number of H-pyrrole nitrogens is 1. The SMILES string of the molecule is C/C=C(\C=C/C(C)CN(CC(=O)O)CC(CC(=N)N)Cc1ncc[nH]1)CN1CCC2(CCN(C3CCCCC3)CC2)C1. The number of nitrogens with two attached hydrogens (primary N) is 1. The second-order valence-electron chi connectivity index (χ2n) is 13.4. The molecule has 3 fully saturated rings. The van der Waals surface area contributed by atoms with E-state index in [0.717, 1.165) is 18.4 Å². The third-order valence-corrected chi connectivity index (χ3v) is 9.85. The lowest BCUT2D eigenvalue weighted by Gasteiger charge is -2.44. The molecular weight excluding hydrogens is 526 g/mol. The molecule has 2 unspecified atom stereocenters. The lowest BCUT2D eigenvalue weighted by molar-refractivity contribution is -0.138. The standard InChI is InChI=1S/C33H55N7O2/c1-3-27(22-38-16-11-33(25-38)12-17-40(18-13-33)29-7-5-4-6-8-29)10-9-26(2)21-39(24-32(41)42)23-28(19-30(34)35)20-31-36-14-15-37-31/h3,9-10,14-15,26,28-29H,4-8,11-13,16-25H2,1-2H3,(H3,34,35)(H,36,37)(H,41,42)/b10-9-,27-3+. The van der Waals surface area contributed by atoms with Crippen LogP contribution in [0.2, 0.25) is 0 Å². The van der Waals surface area contributed by atoms with Crippen LogP contribution in [0.3, 0.4) is 0 Å². The average Bonchev–Trinajstić information content (AvgIpc) is 3.61. The monoisotopic (exact) mass is 581 g/mol. The Bertz CT molecular complexity index is 1040. The molecule has 1 saturated carbocycles. The van der Waals surface area contributed by atoms with Crippen molar-refractivity contribution in [1.29, 1.82) is 5.41 Å². The Morgan fingerprint density at radius 3 is 2.62 bits per heavy atom. The highest BCUT2D eigenvalue weighted by molar-refractivity contribution is 5.77. The number of amidine groups is 1. The number of allylic oxidation sites excluding steroid dienone is 1. The van der Waals surface area contributed by atoms with Crippen molar-refractivity contribution in [2.75, 3.05) is 52.4 Å². The molecule has 9 nitrogen and oxygen atoms in total. The van der Waals surface area contributed by atoms with Crippen LogP contribution >= 0.6 is 0 Å². The summed E-state index contributed by atoms with van der Waals surface area (Å²) in [4.78, 5) is 26.6.